The Labute approximate surface area is 314 Å². The van der Waals surface area contributed by atoms with Gasteiger partial charge in [-0.2, -0.15) is 13.2 Å². The van der Waals surface area contributed by atoms with Gasteiger partial charge in [-0.25, -0.2) is 4.21 Å². The molecule has 6 rings (SSSR count). The molecule has 2 bridgehead atoms. The number of allylic oxidation sites excluding steroid dienone is 1. The van der Waals surface area contributed by atoms with Crippen LogP contribution in [0.15, 0.2) is 48.6 Å². The third kappa shape index (κ3) is 10.6. The van der Waals surface area contributed by atoms with Crippen molar-refractivity contribution in [1.29, 1.82) is 0 Å². The molecule has 0 radical (unpaired) electrons. The van der Waals surface area contributed by atoms with E-state index in [4.69, 9.17) is 25.9 Å². The highest BCUT2D eigenvalue weighted by Gasteiger charge is 2.44. The van der Waals surface area contributed by atoms with Crippen molar-refractivity contribution in [2.24, 2.45) is 17.8 Å². The van der Waals surface area contributed by atoms with Gasteiger partial charge in [-0.15, -0.1) is 0 Å². The Kier molecular flexibility index (Phi) is 14.8. The summed E-state index contributed by atoms with van der Waals surface area (Å²) < 4.78 is 62.3. The SMILES string of the molecule is CC=O.CN(C)CC(F)(F)F.COC1/C=C/CC(C)C(C)S(=O)NC(=O)c2ccc3c(c2)N(CC2CCC21)C[C@@]1(CCCc2cc(Cl)ccc21)CO3. The fraction of sp³-hybridized carbons (Fsp3) is 0.590. The lowest BCUT2D eigenvalue weighted by Gasteiger charge is -2.46. The van der Waals surface area contributed by atoms with Crippen molar-refractivity contribution in [2.45, 2.75) is 82.2 Å². The molecule has 1 fully saturated rings. The normalized spacial score (nSPS) is 29.3. The van der Waals surface area contributed by atoms with E-state index in [0.717, 1.165) is 79.3 Å². The number of hydrogen-bond acceptors (Lipinski definition) is 7. The van der Waals surface area contributed by atoms with Crippen LogP contribution in [0.2, 0.25) is 5.02 Å². The molecule has 52 heavy (non-hydrogen) atoms. The number of anilines is 1. The molecular formula is C39H53ClF3N3O5S. The molecule has 0 saturated heterocycles. The second-order valence-corrected chi connectivity index (χ2v) is 16.6. The second kappa shape index (κ2) is 18.4. The van der Waals surface area contributed by atoms with Crippen LogP contribution >= 0.6 is 11.6 Å². The first-order valence-corrected chi connectivity index (χ1v) is 19.5. The number of carbonyl (C=O) groups excluding carboxylic acids is 2. The number of amides is 1. The third-order valence-corrected chi connectivity index (χ3v) is 12.3. The molecule has 2 heterocycles. The second-order valence-electron chi connectivity index (χ2n) is 14.7. The number of nitrogens with zero attached hydrogens (tertiary/aromatic N) is 2. The lowest BCUT2D eigenvalue weighted by molar-refractivity contribution is -0.140. The molecule has 2 aromatic carbocycles. The predicted octanol–water partition coefficient (Wildman–Crippen LogP) is 7.55. The zero-order valence-corrected chi connectivity index (χ0v) is 32.6. The molecule has 8 nitrogen and oxygen atoms in total. The minimum atomic E-state index is -4.05. The Morgan fingerprint density at radius 2 is 1.90 bits per heavy atom. The average molecular weight is 768 g/mol. The fourth-order valence-corrected chi connectivity index (χ4v) is 8.83. The molecule has 13 heteroatoms. The molecule has 6 unspecified atom stereocenters. The predicted molar refractivity (Wildman–Crippen MR) is 202 cm³/mol. The first-order valence-electron chi connectivity index (χ1n) is 17.9. The van der Waals surface area contributed by atoms with Crippen molar-refractivity contribution >= 4 is 40.5 Å². The van der Waals surface area contributed by atoms with Gasteiger partial charge in [0.25, 0.3) is 5.91 Å². The summed E-state index contributed by atoms with van der Waals surface area (Å²) in [5.74, 6) is 1.53. The van der Waals surface area contributed by atoms with E-state index in [1.165, 1.54) is 32.1 Å². The van der Waals surface area contributed by atoms with Crippen LogP contribution in [0.3, 0.4) is 0 Å². The lowest BCUT2D eigenvalue weighted by Crippen LogP contribution is -2.49. The molecule has 1 saturated carbocycles. The van der Waals surface area contributed by atoms with E-state index < -0.39 is 23.7 Å². The van der Waals surface area contributed by atoms with Gasteiger partial charge in [0.15, 0.2) is 0 Å². The zero-order chi connectivity index (χ0) is 38.2. The molecule has 0 aromatic heterocycles. The molecule has 4 aliphatic rings. The summed E-state index contributed by atoms with van der Waals surface area (Å²) in [5, 5.41) is 0.589. The van der Waals surface area contributed by atoms with Gasteiger partial charge in [0.05, 0.1) is 30.2 Å². The van der Waals surface area contributed by atoms with E-state index in [9.17, 15) is 22.2 Å². The van der Waals surface area contributed by atoms with Gasteiger partial charge in [0.1, 0.15) is 23.0 Å². The summed E-state index contributed by atoms with van der Waals surface area (Å²) in [7, 11) is 3.07. The van der Waals surface area contributed by atoms with Crippen molar-refractivity contribution in [3.8, 4) is 5.75 Å². The minimum Gasteiger partial charge on any atom is -0.490 e. The highest BCUT2D eigenvalue weighted by atomic mass is 35.5. The van der Waals surface area contributed by atoms with Gasteiger partial charge in [0, 0.05) is 36.2 Å². The van der Waals surface area contributed by atoms with Gasteiger partial charge in [0.2, 0.25) is 0 Å². The highest BCUT2D eigenvalue weighted by molar-refractivity contribution is 7.84. The van der Waals surface area contributed by atoms with E-state index >= 15 is 0 Å². The van der Waals surface area contributed by atoms with Crippen molar-refractivity contribution < 1.29 is 36.4 Å². The monoisotopic (exact) mass is 767 g/mol. The Bertz CT molecular complexity index is 1590. The van der Waals surface area contributed by atoms with E-state index in [0.29, 0.717) is 24.0 Å². The molecule has 2 aromatic rings. The number of carbonyl (C=O) groups is 2. The van der Waals surface area contributed by atoms with Gasteiger partial charge in [-0.3, -0.25) is 9.52 Å². The Morgan fingerprint density at radius 3 is 2.52 bits per heavy atom. The summed E-state index contributed by atoms with van der Waals surface area (Å²) in [6.45, 7) is 6.87. The van der Waals surface area contributed by atoms with Gasteiger partial charge < -0.3 is 24.1 Å². The molecule has 1 amide bonds. The van der Waals surface area contributed by atoms with E-state index in [1.54, 1.807) is 13.2 Å². The van der Waals surface area contributed by atoms with Crippen LogP contribution in [-0.4, -0.2) is 86.3 Å². The standard InChI is InChI=1S/C33H41ClN2O4S.C4H8F3N.C2H4O/c1-21-6-4-8-30(39-3)27-12-9-25(27)18-36-19-33(15-5-7-23-16-26(34)11-13-28(23)33)20-40-31-14-10-24(17-29(31)36)32(37)35-41(38)22(21)2;1-8(2)3-4(5,6)7;1-2-3/h4,8,10-11,13-14,16-17,21-22,25,27,30H,5-7,9,12,15,18-20H2,1-3H3,(H,35,37);3H2,1-2H3;2H,1H3/b8-4+;;/t21?,22?,25?,27?,30?,33-,41?;;/m0../s1. The number of nitrogens with one attached hydrogen (secondary N) is 1. The number of alkyl halides is 3. The number of ether oxygens (including phenoxy) is 2. The summed E-state index contributed by atoms with van der Waals surface area (Å²) in [5.41, 5.74) is 3.90. The van der Waals surface area contributed by atoms with Crippen molar-refractivity contribution in [1.82, 2.24) is 9.62 Å². The van der Waals surface area contributed by atoms with Crippen molar-refractivity contribution in [3.05, 3.63) is 70.3 Å². The lowest BCUT2D eigenvalue weighted by atomic mass is 9.68. The van der Waals surface area contributed by atoms with Crippen LogP contribution in [0.5, 0.6) is 5.75 Å². The van der Waals surface area contributed by atoms with Gasteiger partial charge in [-0.1, -0.05) is 36.7 Å². The molecule has 2 aliphatic heterocycles. The number of hydrogen-bond donors (Lipinski definition) is 1. The summed E-state index contributed by atoms with van der Waals surface area (Å²) >= 11 is 6.41. The van der Waals surface area contributed by atoms with Crippen molar-refractivity contribution in [2.75, 3.05) is 52.3 Å². The van der Waals surface area contributed by atoms with Crippen molar-refractivity contribution in [3.63, 3.8) is 0 Å². The maximum Gasteiger partial charge on any atom is 0.401 e. The van der Waals surface area contributed by atoms with E-state index in [1.807, 2.05) is 25.1 Å². The average Bonchev–Trinajstić information content (AvgIpc) is 3.21. The summed E-state index contributed by atoms with van der Waals surface area (Å²) in [6.07, 6.45) is 7.34. The summed E-state index contributed by atoms with van der Waals surface area (Å²) in [4.78, 5) is 25.7. The largest absolute Gasteiger partial charge is 0.490 e. The minimum absolute atomic E-state index is 0.0508. The van der Waals surface area contributed by atoms with Crippen LogP contribution in [-0.2, 0) is 32.4 Å². The maximum atomic E-state index is 13.3. The number of rotatable bonds is 2. The quantitative estimate of drug-likeness (QED) is 0.250. The number of methoxy groups -OCH3 is 1. The maximum absolute atomic E-state index is 13.3. The van der Waals surface area contributed by atoms with Crippen LogP contribution < -0.4 is 14.4 Å². The number of aryl methyl sites for hydroxylation is 1. The van der Waals surface area contributed by atoms with Crippen LogP contribution in [0.4, 0.5) is 18.9 Å². The number of aldehydes is 1. The molecule has 1 spiro atoms. The first-order chi connectivity index (χ1) is 24.6. The number of benzene rings is 2. The Morgan fingerprint density at radius 1 is 1.17 bits per heavy atom. The van der Waals surface area contributed by atoms with Gasteiger partial charge in [-0.05, 0) is 126 Å². The Hall–Kier alpha value is -2.93. The van der Waals surface area contributed by atoms with E-state index in [-0.39, 0.29) is 28.6 Å². The third-order valence-electron chi connectivity index (χ3n) is 10.6. The Balaban J connectivity index is 0.000000482. The van der Waals surface area contributed by atoms with Crippen LogP contribution in [0.1, 0.15) is 74.4 Å². The first kappa shape index (κ1) is 41.8. The van der Waals surface area contributed by atoms with Gasteiger partial charge >= 0.3 is 6.18 Å². The smallest absolute Gasteiger partial charge is 0.401 e. The highest BCUT2D eigenvalue weighted by Crippen LogP contribution is 2.47. The van der Waals surface area contributed by atoms with Crippen LogP contribution in [0, 0.1) is 17.8 Å². The number of fused-ring (bicyclic) bond motifs is 4. The summed E-state index contributed by atoms with van der Waals surface area (Å²) in [6, 6.07) is 12.0. The molecular weight excluding hydrogens is 715 g/mol. The molecule has 1 N–H and O–H groups in total. The molecule has 288 valence electrons. The fourth-order valence-electron chi connectivity index (χ4n) is 7.62. The number of halogens is 4. The van der Waals surface area contributed by atoms with E-state index in [2.05, 4.69) is 40.8 Å². The van der Waals surface area contributed by atoms with Crippen LogP contribution in [0.25, 0.3) is 0 Å². The zero-order valence-electron chi connectivity index (χ0n) is 31.0. The topological polar surface area (TPSA) is 88.2 Å². The molecule has 7 atom stereocenters. The molecule has 2 aliphatic carbocycles.